The molecule has 0 aromatic heterocycles. The highest BCUT2D eigenvalue weighted by Crippen LogP contribution is 2.18. The second-order valence-corrected chi connectivity index (χ2v) is 4.44. The van der Waals surface area contributed by atoms with Gasteiger partial charge in [-0.15, -0.1) is 0 Å². The molecule has 1 saturated heterocycles. The van der Waals surface area contributed by atoms with Crippen molar-refractivity contribution >= 4 is 11.6 Å². The summed E-state index contributed by atoms with van der Waals surface area (Å²) in [6.45, 7) is 3.88. The average molecular weight is 226 g/mol. The standard InChI is InChI=1S/C12H16ClNO/c1-9(14-12-6-7-15-8-12)10-2-4-11(13)5-3-10/h2-5,9,12,14H,6-8H2,1H3/t9-,12?/m0/s1. The van der Waals surface area contributed by atoms with Crippen molar-refractivity contribution in [3.8, 4) is 0 Å². The third-order valence-corrected chi connectivity index (χ3v) is 3.04. The van der Waals surface area contributed by atoms with Crippen molar-refractivity contribution < 1.29 is 4.74 Å². The van der Waals surface area contributed by atoms with Gasteiger partial charge in [0.05, 0.1) is 6.61 Å². The molecule has 1 N–H and O–H groups in total. The van der Waals surface area contributed by atoms with Gasteiger partial charge in [0.2, 0.25) is 0 Å². The van der Waals surface area contributed by atoms with E-state index in [1.54, 1.807) is 0 Å². The zero-order valence-corrected chi connectivity index (χ0v) is 9.63. The van der Waals surface area contributed by atoms with E-state index in [-0.39, 0.29) is 0 Å². The monoisotopic (exact) mass is 225 g/mol. The van der Waals surface area contributed by atoms with Gasteiger partial charge in [0.25, 0.3) is 0 Å². The molecule has 1 aromatic carbocycles. The summed E-state index contributed by atoms with van der Waals surface area (Å²) in [6.07, 6.45) is 1.11. The summed E-state index contributed by atoms with van der Waals surface area (Å²) in [6, 6.07) is 8.84. The van der Waals surface area contributed by atoms with Crippen LogP contribution < -0.4 is 5.32 Å². The molecule has 2 atom stereocenters. The van der Waals surface area contributed by atoms with Gasteiger partial charge in [-0.3, -0.25) is 0 Å². The number of nitrogens with one attached hydrogen (secondary N) is 1. The van der Waals surface area contributed by atoms with Gasteiger partial charge >= 0.3 is 0 Å². The summed E-state index contributed by atoms with van der Waals surface area (Å²) in [5.74, 6) is 0. The number of hydrogen-bond donors (Lipinski definition) is 1. The zero-order chi connectivity index (χ0) is 10.7. The molecule has 15 heavy (non-hydrogen) atoms. The molecular formula is C12H16ClNO. The predicted molar refractivity (Wildman–Crippen MR) is 62.2 cm³/mol. The Morgan fingerprint density at radius 2 is 2.13 bits per heavy atom. The van der Waals surface area contributed by atoms with Crippen LogP contribution in [-0.4, -0.2) is 19.3 Å². The number of ether oxygens (including phenoxy) is 1. The molecule has 0 amide bonds. The van der Waals surface area contributed by atoms with Gasteiger partial charge in [-0.2, -0.15) is 0 Å². The first-order chi connectivity index (χ1) is 7.25. The van der Waals surface area contributed by atoms with E-state index in [9.17, 15) is 0 Å². The fourth-order valence-corrected chi connectivity index (χ4v) is 1.99. The van der Waals surface area contributed by atoms with Crippen LogP contribution in [0.3, 0.4) is 0 Å². The Bertz CT molecular complexity index is 306. The third kappa shape index (κ3) is 2.94. The minimum Gasteiger partial charge on any atom is -0.380 e. The van der Waals surface area contributed by atoms with E-state index in [0.29, 0.717) is 12.1 Å². The topological polar surface area (TPSA) is 21.3 Å². The van der Waals surface area contributed by atoms with E-state index >= 15 is 0 Å². The lowest BCUT2D eigenvalue weighted by Crippen LogP contribution is -2.31. The molecule has 2 nitrogen and oxygen atoms in total. The fraction of sp³-hybridized carbons (Fsp3) is 0.500. The highest BCUT2D eigenvalue weighted by molar-refractivity contribution is 6.30. The first-order valence-electron chi connectivity index (χ1n) is 5.35. The molecule has 0 radical (unpaired) electrons. The van der Waals surface area contributed by atoms with Gasteiger partial charge in [-0.25, -0.2) is 0 Å². The van der Waals surface area contributed by atoms with Crippen molar-refractivity contribution in [1.29, 1.82) is 0 Å². The maximum atomic E-state index is 5.85. The number of rotatable bonds is 3. The molecule has 1 aliphatic heterocycles. The Balaban J connectivity index is 1.94. The van der Waals surface area contributed by atoms with E-state index in [2.05, 4.69) is 24.4 Å². The van der Waals surface area contributed by atoms with Gasteiger partial charge in [-0.05, 0) is 31.0 Å². The van der Waals surface area contributed by atoms with Crippen LogP contribution in [0.1, 0.15) is 24.9 Å². The average Bonchev–Trinajstić information content (AvgIpc) is 2.71. The second kappa shape index (κ2) is 4.97. The molecule has 1 unspecified atom stereocenters. The van der Waals surface area contributed by atoms with E-state index in [0.717, 1.165) is 24.7 Å². The van der Waals surface area contributed by atoms with Gasteiger partial charge in [0.1, 0.15) is 0 Å². The number of hydrogen-bond acceptors (Lipinski definition) is 2. The molecule has 1 aliphatic rings. The second-order valence-electron chi connectivity index (χ2n) is 4.00. The predicted octanol–water partition coefficient (Wildman–Crippen LogP) is 2.78. The maximum absolute atomic E-state index is 5.85. The van der Waals surface area contributed by atoms with Gasteiger partial charge < -0.3 is 10.1 Å². The molecular weight excluding hydrogens is 210 g/mol. The Labute approximate surface area is 95.6 Å². The molecule has 82 valence electrons. The molecule has 0 spiro atoms. The summed E-state index contributed by atoms with van der Waals surface area (Å²) in [4.78, 5) is 0. The molecule has 1 fully saturated rings. The minimum atomic E-state index is 0.356. The largest absolute Gasteiger partial charge is 0.380 e. The van der Waals surface area contributed by atoms with Crippen molar-refractivity contribution in [3.05, 3.63) is 34.9 Å². The molecule has 2 rings (SSSR count). The van der Waals surface area contributed by atoms with E-state index < -0.39 is 0 Å². The van der Waals surface area contributed by atoms with E-state index in [4.69, 9.17) is 16.3 Å². The highest BCUT2D eigenvalue weighted by atomic mass is 35.5. The van der Waals surface area contributed by atoms with Gasteiger partial charge in [0, 0.05) is 23.7 Å². The van der Waals surface area contributed by atoms with Crippen LogP contribution in [0.2, 0.25) is 5.02 Å². The molecule has 0 aliphatic carbocycles. The van der Waals surface area contributed by atoms with Crippen LogP contribution in [0, 0.1) is 0 Å². The quantitative estimate of drug-likeness (QED) is 0.854. The lowest BCUT2D eigenvalue weighted by atomic mass is 10.1. The number of halogens is 1. The van der Waals surface area contributed by atoms with Crippen LogP contribution in [-0.2, 0) is 4.74 Å². The Kier molecular flexibility index (Phi) is 3.62. The molecule has 1 heterocycles. The fourth-order valence-electron chi connectivity index (χ4n) is 1.87. The summed E-state index contributed by atoms with van der Waals surface area (Å²) >= 11 is 5.85. The van der Waals surface area contributed by atoms with Crippen molar-refractivity contribution in [3.63, 3.8) is 0 Å². The Hall–Kier alpha value is -0.570. The molecule has 3 heteroatoms. The minimum absolute atomic E-state index is 0.356. The molecule has 0 bridgehead atoms. The SMILES string of the molecule is C[C@H](NC1CCOC1)c1ccc(Cl)cc1. The maximum Gasteiger partial charge on any atom is 0.0620 e. The van der Waals surface area contributed by atoms with E-state index in [1.165, 1.54) is 5.56 Å². The summed E-state index contributed by atoms with van der Waals surface area (Å²) in [7, 11) is 0. The Morgan fingerprint density at radius 1 is 1.40 bits per heavy atom. The lowest BCUT2D eigenvalue weighted by Gasteiger charge is -2.18. The highest BCUT2D eigenvalue weighted by Gasteiger charge is 2.17. The molecule has 1 aromatic rings. The van der Waals surface area contributed by atoms with Crippen molar-refractivity contribution in [2.75, 3.05) is 13.2 Å². The Morgan fingerprint density at radius 3 is 2.73 bits per heavy atom. The van der Waals surface area contributed by atoms with Gasteiger partial charge in [-0.1, -0.05) is 23.7 Å². The van der Waals surface area contributed by atoms with E-state index in [1.807, 2.05) is 12.1 Å². The van der Waals surface area contributed by atoms with Gasteiger partial charge in [0.15, 0.2) is 0 Å². The van der Waals surface area contributed by atoms with Crippen LogP contribution in [0.15, 0.2) is 24.3 Å². The lowest BCUT2D eigenvalue weighted by molar-refractivity contribution is 0.188. The smallest absolute Gasteiger partial charge is 0.0620 e. The summed E-state index contributed by atoms with van der Waals surface area (Å²) in [5.41, 5.74) is 1.27. The van der Waals surface area contributed by atoms with Crippen molar-refractivity contribution in [2.24, 2.45) is 0 Å². The first-order valence-corrected chi connectivity index (χ1v) is 5.73. The van der Waals surface area contributed by atoms with Crippen LogP contribution in [0.4, 0.5) is 0 Å². The van der Waals surface area contributed by atoms with Crippen LogP contribution >= 0.6 is 11.6 Å². The normalized spacial score (nSPS) is 22.9. The molecule has 0 saturated carbocycles. The van der Waals surface area contributed by atoms with Crippen molar-refractivity contribution in [1.82, 2.24) is 5.32 Å². The third-order valence-electron chi connectivity index (χ3n) is 2.79. The number of benzene rings is 1. The summed E-state index contributed by atoms with van der Waals surface area (Å²) in [5, 5.41) is 4.33. The summed E-state index contributed by atoms with van der Waals surface area (Å²) < 4.78 is 5.33. The van der Waals surface area contributed by atoms with Crippen LogP contribution in [0.25, 0.3) is 0 Å². The van der Waals surface area contributed by atoms with Crippen LogP contribution in [0.5, 0.6) is 0 Å². The van der Waals surface area contributed by atoms with Crippen molar-refractivity contribution in [2.45, 2.75) is 25.4 Å². The first kappa shape index (κ1) is 10.9. The zero-order valence-electron chi connectivity index (χ0n) is 8.87.